The fraction of sp³-hybridized carbons (Fsp3) is 0.538. The normalized spacial score (nSPS) is 18.7. The van der Waals surface area contributed by atoms with E-state index in [0.717, 1.165) is 25.9 Å². The number of fused-ring (bicyclic) bond motifs is 2. The van der Waals surface area contributed by atoms with Gasteiger partial charge in [0.2, 0.25) is 11.8 Å². The van der Waals surface area contributed by atoms with Crippen molar-refractivity contribution < 1.29 is 19.0 Å². The molecular formula is C26H33N7O4. The maximum atomic E-state index is 13.6. The summed E-state index contributed by atoms with van der Waals surface area (Å²) in [5, 5.41) is 10.8. The van der Waals surface area contributed by atoms with Gasteiger partial charge in [-0.2, -0.15) is 15.1 Å². The molecule has 3 aromatic rings. The van der Waals surface area contributed by atoms with Gasteiger partial charge in [0.05, 0.1) is 24.1 Å². The minimum absolute atomic E-state index is 0.0147. The van der Waals surface area contributed by atoms with E-state index in [1.807, 2.05) is 17.9 Å². The molecular weight excluding hydrogens is 474 g/mol. The van der Waals surface area contributed by atoms with Crippen LogP contribution in [0.25, 0.3) is 11.0 Å². The van der Waals surface area contributed by atoms with Crippen molar-refractivity contribution >= 4 is 28.6 Å². The molecule has 3 aliphatic rings. The highest BCUT2D eigenvalue weighted by Crippen LogP contribution is 2.42. The molecule has 5 heterocycles. The van der Waals surface area contributed by atoms with Gasteiger partial charge >= 0.3 is 0 Å². The number of hydrogen-bond acceptors (Lipinski definition) is 9. The zero-order chi connectivity index (χ0) is 25.2. The van der Waals surface area contributed by atoms with Gasteiger partial charge in [0.1, 0.15) is 18.6 Å². The molecule has 3 aliphatic heterocycles. The van der Waals surface area contributed by atoms with Gasteiger partial charge in [0, 0.05) is 19.1 Å². The molecule has 2 N–H and O–H groups in total. The van der Waals surface area contributed by atoms with E-state index < -0.39 is 0 Å². The van der Waals surface area contributed by atoms with Crippen LogP contribution in [0.2, 0.25) is 0 Å². The number of carbonyl (C=O) groups excluding carboxylic acids is 1. The fourth-order valence-corrected chi connectivity index (χ4v) is 5.52. The van der Waals surface area contributed by atoms with Crippen molar-refractivity contribution in [2.45, 2.75) is 45.1 Å². The molecule has 0 spiro atoms. The molecule has 2 aromatic heterocycles. The van der Waals surface area contributed by atoms with Crippen LogP contribution in [0.3, 0.4) is 0 Å². The Morgan fingerprint density at radius 1 is 1.08 bits per heavy atom. The third-order valence-corrected chi connectivity index (χ3v) is 7.38. The fourth-order valence-electron chi connectivity index (χ4n) is 5.52. The van der Waals surface area contributed by atoms with E-state index in [4.69, 9.17) is 14.2 Å². The molecule has 37 heavy (non-hydrogen) atoms. The Morgan fingerprint density at radius 2 is 1.86 bits per heavy atom. The maximum absolute atomic E-state index is 13.6. The molecule has 6 rings (SSSR count). The van der Waals surface area contributed by atoms with Gasteiger partial charge in [0.25, 0.3) is 5.91 Å². The van der Waals surface area contributed by atoms with Gasteiger partial charge in [-0.05, 0) is 57.8 Å². The number of aromatic nitrogens is 4. The lowest BCUT2D eigenvalue weighted by molar-refractivity contribution is 0.0582. The Hall–Kier alpha value is -3.60. The van der Waals surface area contributed by atoms with Crippen molar-refractivity contribution in [1.29, 1.82) is 0 Å². The lowest BCUT2D eigenvalue weighted by atomic mass is 9.99. The average Bonchev–Trinajstić information content (AvgIpc) is 3.43. The first kappa shape index (κ1) is 23.8. The van der Waals surface area contributed by atoms with Crippen LogP contribution in [0.1, 0.15) is 49.4 Å². The van der Waals surface area contributed by atoms with Crippen LogP contribution in [0.5, 0.6) is 17.4 Å². The van der Waals surface area contributed by atoms with E-state index in [1.54, 1.807) is 12.3 Å². The summed E-state index contributed by atoms with van der Waals surface area (Å²) in [6, 6.07) is 4.20. The highest BCUT2D eigenvalue weighted by atomic mass is 16.6. The largest absolute Gasteiger partial charge is 0.485 e. The van der Waals surface area contributed by atoms with E-state index in [-0.39, 0.29) is 5.91 Å². The smallest absolute Gasteiger partial charge is 0.257 e. The number of carbonyl (C=O) groups is 1. The molecule has 196 valence electrons. The summed E-state index contributed by atoms with van der Waals surface area (Å²) in [4.78, 5) is 27.1. The van der Waals surface area contributed by atoms with Crippen LogP contribution >= 0.6 is 0 Å². The predicted molar refractivity (Wildman–Crippen MR) is 138 cm³/mol. The standard InChI is InChI=1S/C26H33N7O4/c1-2-35-24-19-16-27-31-23(19)29-26(30-24)28-20-7-6-18(21-22(20)37-15-14-36-21)25(34)33-12-8-17(9-13-33)32-10-4-3-5-11-32/h6-7,16-17H,2-5,8-15H2,1H3,(H2,27,28,29,30,31). The molecule has 0 unspecified atom stereocenters. The second-order valence-electron chi connectivity index (χ2n) is 9.68. The number of benzene rings is 1. The van der Waals surface area contributed by atoms with Crippen molar-refractivity contribution in [2.75, 3.05) is 51.3 Å². The van der Waals surface area contributed by atoms with Crippen LogP contribution < -0.4 is 19.5 Å². The molecule has 11 nitrogen and oxygen atoms in total. The number of amides is 1. The van der Waals surface area contributed by atoms with E-state index in [2.05, 4.69) is 30.4 Å². The quantitative estimate of drug-likeness (QED) is 0.518. The van der Waals surface area contributed by atoms with Crippen LogP contribution in [-0.4, -0.2) is 87.9 Å². The molecule has 2 saturated heterocycles. The summed E-state index contributed by atoms with van der Waals surface area (Å²) in [6.07, 6.45) is 7.58. The first-order valence-electron chi connectivity index (χ1n) is 13.3. The van der Waals surface area contributed by atoms with Gasteiger partial charge in [-0.25, -0.2) is 0 Å². The predicted octanol–water partition coefficient (Wildman–Crippen LogP) is 3.36. The molecule has 0 bridgehead atoms. The number of nitrogens with one attached hydrogen (secondary N) is 2. The van der Waals surface area contributed by atoms with Gasteiger partial charge < -0.3 is 29.3 Å². The monoisotopic (exact) mass is 507 g/mol. The summed E-state index contributed by atoms with van der Waals surface area (Å²) in [6.45, 7) is 7.04. The Bertz CT molecular complexity index is 1270. The third kappa shape index (κ3) is 4.75. The molecule has 0 radical (unpaired) electrons. The van der Waals surface area contributed by atoms with Crippen LogP contribution in [0, 0.1) is 0 Å². The number of likely N-dealkylation sites (tertiary alicyclic amines) is 2. The van der Waals surface area contributed by atoms with Gasteiger partial charge in [-0.15, -0.1) is 0 Å². The third-order valence-electron chi connectivity index (χ3n) is 7.38. The van der Waals surface area contributed by atoms with E-state index in [0.29, 0.717) is 71.5 Å². The lowest BCUT2D eigenvalue weighted by Crippen LogP contribution is -2.48. The minimum Gasteiger partial charge on any atom is -0.485 e. The number of piperidine rings is 2. The number of rotatable bonds is 6. The molecule has 0 saturated carbocycles. The van der Waals surface area contributed by atoms with E-state index in [9.17, 15) is 4.79 Å². The number of hydrogen-bond donors (Lipinski definition) is 2. The summed E-state index contributed by atoms with van der Waals surface area (Å²) >= 11 is 0. The van der Waals surface area contributed by atoms with Crippen LogP contribution in [0.4, 0.5) is 11.6 Å². The SMILES string of the molecule is CCOc1nc(Nc2ccc(C(=O)N3CCC(N4CCCCC4)CC3)c3c2OCCO3)nc2[nH]ncc12. The lowest BCUT2D eigenvalue weighted by Gasteiger charge is -2.40. The van der Waals surface area contributed by atoms with E-state index >= 15 is 0 Å². The minimum atomic E-state index is -0.0147. The number of ether oxygens (including phenoxy) is 3. The zero-order valence-electron chi connectivity index (χ0n) is 21.2. The average molecular weight is 508 g/mol. The van der Waals surface area contributed by atoms with Gasteiger partial charge in [0.15, 0.2) is 17.1 Å². The summed E-state index contributed by atoms with van der Waals surface area (Å²) in [7, 11) is 0. The van der Waals surface area contributed by atoms with Gasteiger partial charge in [-0.3, -0.25) is 9.89 Å². The molecule has 1 aromatic carbocycles. The first-order valence-corrected chi connectivity index (χ1v) is 13.3. The van der Waals surface area contributed by atoms with Crippen molar-refractivity contribution in [3.63, 3.8) is 0 Å². The first-order chi connectivity index (χ1) is 18.2. The Labute approximate surface area is 215 Å². The van der Waals surface area contributed by atoms with Crippen molar-refractivity contribution in [3.05, 3.63) is 23.9 Å². The Morgan fingerprint density at radius 3 is 2.65 bits per heavy atom. The number of aromatic amines is 1. The Kier molecular flexibility index (Phi) is 6.69. The van der Waals surface area contributed by atoms with Crippen molar-refractivity contribution in [3.8, 4) is 17.4 Å². The number of nitrogens with zero attached hydrogens (tertiary/aromatic N) is 5. The second kappa shape index (κ2) is 10.4. The van der Waals surface area contributed by atoms with Crippen LogP contribution in [-0.2, 0) is 0 Å². The van der Waals surface area contributed by atoms with Gasteiger partial charge in [-0.1, -0.05) is 6.42 Å². The van der Waals surface area contributed by atoms with Crippen molar-refractivity contribution in [1.82, 2.24) is 30.0 Å². The second-order valence-corrected chi connectivity index (χ2v) is 9.68. The topological polar surface area (TPSA) is 118 Å². The van der Waals surface area contributed by atoms with E-state index in [1.165, 1.54) is 32.4 Å². The molecule has 1 amide bonds. The van der Waals surface area contributed by atoms with Crippen LogP contribution in [0.15, 0.2) is 18.3 Å². The number of H-pyrrole nitrogens is 1. The zero-order valence-corrected chi connectivity index (χ0v) is 21.2. The molecule has 0 atom stereocenters. The molecule has 0 aliphatic carbocycles. The highest BCUT2D eigenvalue weighted by Gasteiger charge is 2.31. The summed E-state index contributed by atoms with van der Waals surface area (Å²) in [5.41, 5.74) is 1.71. The van der Waals surface area contributed by atoms with Crippen molar-refractivity contribution in [2.24, 2.45) is 0 Å². The highest BCUT2D eigenvalue weighted by molar-refractivity contribution is 5.99. The summed E-state index contributed by atoms with van der Waals surface area (Å²) < 4.78 is 17.6. The number of anilines is 2. The molecule has 2 fully saturated rings. The molecule has 11 heteroatoms. The maximum Gasteiger partial charge on any atom is 0.257 e. The summed E-state index contributed by atoms with van der Waals surface area (Å²) in [5.74, 6) is 1.71. The Balaban J connectivity index is 1.22.